The molecule has 1 amide bonds. The van der Waals surface area contributed by atoms with E-state index in [2.05, 4.69) is 15.0 Å². The van der Waals surface area contributed by atoms with E-state index in [9.17, 15) is 18.3 Å². The molecule has 0 atom stereocenters. The summed E-state index contributed by atoms with van der Waals surface area (Å²) in [5, 5.41) is 11.9. The summed E-state index contributed by atoms with van der Waals surface area (Å²) in [6.45, 7) is 0. The van der Waals surface area contributed by atoms with Crippen LogP contribution in [-0.4, -0.2) is 41.1 Å². The smallest absolute Gasteiger partial charge is 0.273 e. The molecule has 0 aromatic carbocycles. The van der Waals surface area contributed by atoms with Gasteiger partial charge in [0.2, 0.25) is 10.0 Å². The van der Waals surface area contributed by atoms with Crippen LogP contribution in [0.15, 0.2) is 29.4 Å². The summed E-state index contributed by atoms with van der Waals surface area (Å²) in [6, 6.07) is 2.65. The zero-order valence-electron chi connectivity index (χ0n) is 13.6. The number of pyridine rings is 1. The van der Waals surface area contributed by atoms with Gasteiger partial charge in [-0.15, -0.1) is 0 Å². The van der Waals surface area contributed by atoms with E-state index in [1.165, 1.54) is 30.1 Å². The topological polar surface area (TPSA) is 113 Å². The Morgan fingerprint density at radius 2 is 2.08 bits per heavy atom. The number of halogens is 2. The van der Waals surface area contributed by atoms with Crippen LogP contribution in [0.5, 0.6) is 0 Å². The van der Waals surface area contributed by atoms with Gasteiger partial charge in [0.15, 0.2) is 0 Å². The summed E-state index contributed by atoms with van der Waals surface area (Å²) in [6.07, 6.45) is 2.90. The Morgan fingerprint density at radius 1 is 1.38 bits per heavy atom. The van der Waals surface area contributed by atoms with Gasteiger partial charge in [-0.3, -0.25) is 4.79 Å². The molecule has 0 unspecified atom stereocenters. The van der Waals surface area contributed by atoms with Gasteiger partial charge in [0.1, 0.15) is 15.7 Å². The van der Waals surface area contributed by atoms with E-state index in [0.717, 1.165) is 0 Å². The van der Waals surface area contributed by atoms with Gasteiger partial charge in [-0.1, -0.05) is 23.2 Å². The fraction of sp³-hybridized carbons (Fsp3) is 0.333. The predicted molar refractivity (Wildman–Crippen MR) is 97.0 cm³/mol. The highest BCUT2D eigenvalue weighted by atomic mass is 35.5. The third-order valence-corrected chi connectivity index (χ3v) is 6.25. The molecule has 1 aliphatic carbocycles. The standard InChI is InChI=1S/C15H16Cl2N4O4S/c1-21-7-11(26(24,25)20-9-4-10(22)5-9)13(17)14(21)15(23)19-8-2-3-18-12(16)6-8/h2-3,6-7,9-10,20,22H,4-5H2,1H3,(H,18,19,23)/t9-,10+. The summed E-state index contributed by atoms with van der Waals surface area (Å²) in [5.74, 6) is -0.583. The van der Waals surface area contributed by atoms with Crippen LogP contribution in [0.3, 0.4) is 0 Å². The Balaban J connectivity index is 1.84. The van der Waals surface area contributed by atoms with E-state index >= 15 is 0 Å². The molecule has 2 aromatic rings. The van der Waals surface area contributed by atoms with E-state index in [1.807, 2.05) is 0 Å². The van der Waals surface area contributed by atoms with Gasteiger partial charge in [0, 0.05) is 31.2 Å². The maximum atomic E-state index is 12.5. The van der Waals surface area contributed by atoms with Crippen molar-refractivity contribution in [1.82, 2.24) is 14.3 Å². The first kappa shape index (κ1) is 19.1. The first-order valence-corrected chi connectivity index (χ1v) is 9.89. The Bertz CT molecular complexity index is 955. The number of hydrogen-bond acceptors (Lipinski definition) is 5. The predicted octanol–water partition coefficient (Wildman–Crippen LogP) is 1.78. The lowest BCUT2D eigenvalue weighted by molar-refractivity contribution is 0.0712. The molecule has 11 heteroatoms. The summed E-state index contributed by atoms with van der Waals surface area (Å²) in [7, 11) is -2.39. The molecule has 0 bridgehead atoms. The molecule has 8 nitrogen and oxygen atoms in total. The normalized spacial score (nSPS) is 19.8. The number of aromatic nitrogens is 2. The molecule has 1 fully saturated rings. The second-order valence-electron chi connectivity index (χ2n) is 6.03. The molecule has 2 heterocycles. The fourth-order valence-electron chi connectivity index (χ4n) is 2.65. The number of amides is 1. The number of carbonyl (C=O) groups is 1. The number of sulfonamides is 1. The van der Waals surface area contributed by atoms with Crippen molar-refractivity contribution in [3.8, 4) is 0 Å². The molecule has 140 valence electrons. The minimum atomic E-state index is -3.91. The zero-order chi connectivity index (χ0) is 19.1. The van der Waals surface area contributed by atoms with Gasteiger partial charge in [-0.05, 0) is 25.0 Å². The summed E-state index contributed by atoms with van der Waals surface area (Å²) < 4.78 is 28.8. The number of rotatable bonds is 5. The van der Waals surface area contributed by atoms with Crippen molar-refractivity contribution < 1.29 is 18.3 Å². The van der Waals surface area contributed by atoms with E-state index in [-0.39, 0.29) is 26.8 Å². The molecule has 0 spiro atoms. The van der Waals surface area contributed by atoms with Crippen molar-refractivity contribution in [2.24, 2.45) is 7.05 Å². The van der Waals surface area contributed by atoms with E-state index in [0.29, 0.717) is 18.5 Å². The maximum Gasteiger partial charge on any atom is 0.273 e. The number of aryl methyl sites for hydroxylation is 1. The van der Waals surface area contributed by atoms with Gasteiger partial charge < -0.3 is 15.0 Å². The molecular weight excluding hydrogens is 403 g/mol. The van der Waals surface area contributed by atoms with Gasteiger partial charge in [0.05, 0.1) is 11.1 Å². The van der Waals surface area contributed by atoms with Gasteiger partial charge >= 0.3 is 0 Å². The molecule has 2 aromatic heterocycles. The van der Waals surface area contributed by atoms with Crippen LogP contribution in [0.25, 0.3) is 0 Å². The highest BCUT2D eigenvalue weighted by molar-refractivity contribution is 7.89. The average molecular weight is 419 g/mol. The van der Waals surface area contributed by atoms with Crippen LogP contribution < -0.4 is 10.0 Å². The minimum Gasteiger partial charge on any atom is -0.393 e. The molecule has 3 N–H and O–H groups in total. The van der Waals surface area contributed by atoms with Crippen LogP contribution in [0.4, 0.5) is 5.69 Å². The van der Waals surface area contributed by atoms with Crippen LogP contribution in [-0.2, 0) is 17.1 Å². The van der Waals surface area contributed by atoms with Crippen molar-refractivity contribution in [1.29, 1.82) is 0 Å². The van der Waals surface area contributed by atoms with Crippen molar-refractivity contribution in [2.75, 3.05) is 5.32 Å². The van der Waals surface area contributed by atoms with Crippen LogP contribution in [0.2, 0.25) is 10.2 Å². The Morgan fingerprint density at radius 3 is 2.69 bits per heavy atom. The number of aliphatic hydroxyl groups excluding tert-OH is 1. The second-order valence-corrected chi connectivity index (χ2v) is 8.48. The lowest BCUT2D eigenvalue weighted by Gasteiger charge is -2.31. The van der Waals surface area contributed by atoms with Crippen LogP contribution in [0, 0.1) is 0 Å². The number of nitrogens with one attached hydrogen (secondary N) is 2. The van der Waals surface area contributed by atoms with Gasteiger partial charge in [-0.25, -0.2) is 18.1 Å². The summed E-state index contributed by atoms with van der Waals surface area (Å²) >= 11 is 12.0. The monoisotopic (exact) mass is 418 g/mol. The van der Waals surface area contributed by atoms with Crippen molar-refractivity contribution in [3.05, 3.63) is 40.4 Å². The average Bonchev–Trinajstić information content (AvgIpc) is 2.81. The number of aliphatic hydroxyl groups is 1. The van der Waals surface area contributed by atoms with Gasteiger partial charge in [0.25, 0.3) is 5.91 Å². The van der Waals surface area contributed by atoms with Crippen LogP contribution in [0.1, 0.15) is 23.3 Å². The molecule has 1 aliphatic rings. The third-order valence-electron chi connectivity index (χ3n) is 4.01. The molecule has 1 saturated carbocycles. The first-order valence-electron chi connectivity index (χ1n) is 7.65. The van der Waals surface area contributed by atoms with Crippen LogP contribution >= 0.6 is 23.2 Å². The van der Waals surface area contributed by atoms with Crippen molar-refractivity contribution in [2.45, 2.75) is 29.9 Å². The maximum absolute atomic E-state index is 12.5. The number of nitrogens with zero attached hydrogens (tertiary/aromatic N) is 2. The number of anilines is 1. The molecule has 3 rings (SSSR count). The first-order chi connectivity index (χ1) is 12.2. The molecule has 0 saturated heterocycles. The SMILES string of the molecule is Cn1cc(S(=O)(=O)N[C@H]2C[C@@H](O)C2)c(Cl)c1C(=O)Nc1ccnc(Cl)c1. The summed E-state index contributed by atoms with van der Waals surface area (Å²) in [4.78, 5) is 16.1. The molecule has 0 aliphatic heterocycles. The van der Waals surface area contributed by atoms with Crippen molar-refractivity contribution >= 4 is 44.8 Å². The largest absolute Gasteiger partial charge is 0.393 e. The number of hydrogen-bond donors (Lipinski definition) is 3. The van der Waals surface area contributed by atoms with E-state index in [4.69, 9.17) is 23.2 Å². The lowest BCUT2D eigenvalue weighted by atomic mass is 9.91. The second kappa shape index (κ2) is 7.16. The molecule has 26 heavy (non-hydrogen) atoms. The molecule has 0 radical (unpaired) electrons. The number of carbonyl (C=O) groups excluding carboxylic acids is 1. The zero-order valence-corrected chi connectivity index (χ0v) is 15.9. The van der Waals surface area contributed by atoms with Crippen molar-refractivity contribution in [3.63, 3.8) is 0 Å². The quantitative estimate of drug-likeness (QED) is 0.640. The van der Waals surface area contributed by atoms with Gasteiger partial charge in [-0.2, -0.15) is 0 Å². The molecular formula is C15H16Cl2N4O4S. The fourth-order valence-corrected chi connectivity index (χ4v) is 4.79. The lowest BCUT2D eigenvalue weighted by Crippen LogP contribution is -2.46. The highest BCUT2D eigenvalue weighted by Crippen LogP contribution is 2.30. The Hall–Kier alpha value is -1.65. The Labute approximate surface area is 160 Å². The Kier molecular flexibility index (Phi) is 5.27. The van der Waals surface area contributed by atoms with E-state index in [1.54, 1.807) is 6.07 Å². The van der Waals surface area contributed by atoms with E-state index < -0.39 is 22.0 Å². The summed E-state index contributed by atoms with van der Waals surface area (Å²) in [5.41, 5.74) is 0.395. The highest BCUT2D eigenvalue weighted by Gasteiger charge is 2.34. The third kappa shape index (κ3) is 3.86. The minimum absolute atomic E-state index is 0.00591.